The van der Waals surface area contributed by atoms with Gasteiger partial charge in [-0.3, -0.25) is 4.79 Å². The molecule has 8 heteroatoms. The number of benzene rings is 1. The van der Waals surface area contributed by atoms with Gasteiger partial charge in [0, 0.05) is 11.7 Å². The fraction of sp³-hybridized carbons (Fsp3) is 0.389. The zero-order valence-corrected chi connectivity index (χ0v) is 14.3. The van der Waals surface area contributed by atoms with Crippen molar-refractivity contribution in [3.05, 3.63) is 47.0 Å². The monoisotopic (exact) mass is 364 g/mol. The molecule has 1 aliphatic rings. The number of amides is 1. The van der Waals surface area contributed by atoms with Gasteiger partial charge in [0.25, 0.3) is 5.91 Å². The van der Waals surface area contributed by atoms with Crippen molar-refractivity contribution in [3.63, 3.8) is 0 Å². The molecule has 0 atom stereocenters. The summed E-state index contributed by atoms with van der Waals surface area (Å²) in [6.45, 7) is 1.66. The molecule has 2 aromatic rings. The molecule has 1 saturated carbocycles. The molecule has 0 radical (unpaired) electrons. The van der Waals surface area contributed by atoms with Crippen LogP contribution in [0.2, 0.25) is 0 Å². The zero-order valence-electron chi connectivity index (χ0n) is 14.3. The van der Waals surface area contributed by atoms with E-state index in [1.807, 2.05) is 0 Å². The Hall–Kier alpha value is -2.64. The van der Waals surface area contributed by atoms with Crippen molar-refractivity contribution in [2.75, 3.05) is 5.32 Å². The van der Waals surface area contributed by atoms with E-state index in [2.05, 4.69) is 20.6 Å². The van der Waals surface area contributed by atoms with Gasteiger partial charge >= 0.3 is 0 Å². The molecule has 1 aliphatic carbocycles. The highest BCUT2D eigenvalue weighted by atomic mass is 19.2. The van der Waals surface area contributed by atoms with Gasteiger partial charge in [-0.05, 0) is 38.0 Å². The molecule has 0 bridgehead atoms. The molecule has 1 aromatic carbocycles. The van der Waals surface area contributed by atoms with E-state index in [4.69, 9.17) is 0 Å². The van der Waals surface area contributed by atoms with Gasteiger partial charge in [0.15, 0.2) is 17.5 Å². The highest BCUT2D eigenvalue weighted by Crippen LogP contribution is 2.22. The Kier molecular flexibility index (Phi) is 5.39. The quantitative estimate of drug-likeness (QED) is 0.805. The van der Waals surface area contributed by atoms with Gasteiger partial charge in [-0.25, -0.2) is 23.1 Å². The van der Waals surface area contributed by atoms with E-state index in [-0.39, 0.29) is 29.3 Å². The third-order valence-electron chi connectivity index (χ3n) is 4.31. The van der Waals surface area contributed by atoms with Gasteiger partial charge < -0.3 is 10.6 Å². The average Bonchev–Trinajstić information content (AvgIpc) is 2.62. The van der Waals surface area contributed by atoms with E-state index >= 15 is 0 Å². The van der Waals surface area contributed by atoms with E-state index < -0.39 is 17.5 Å². The van der Waals surface area contributed by atoms with Gasteiger partial charge in [-0.1, -0.05) is 19.3 Å². The van der Waals surface area contributed by atoms with Crippen LogP contribution in [0.4, 0.5) is 24.8 Å². The Morgan fingerprint density at radius 2 is 1.81 bits per heavy atom. The maximum absolute atomic E-state index is 13.8. The second-order valence-corrected chi connectivity index (χ2v) is 6.37. The lowest BCUT2D eigenvalue weighted by molar-refractivity contribution is 0.0922. The highest BCUT2D eigenvalue weighted by molar-refractivity contribution is 5.92. The summed E-state index contributed by atoms with van der Waals surface area (Å²) in [5.41, 5.74) is 0.306. The van der Waals surface area contributed by atoms with Gasteiger partial charge in [0.05, 0.1) is 5.69 Å². The number of nitrogens with one attached hydrogen (secondary N) is 2. The molecule has 138 valence electrons. The molecule has 1 amide bonds. The van der Waals surface area contributed by atoms with Crippen LogP contribution in [0, 0.1) is 24.4 Å². The zero-order chi connectivity index (χ0) is 18.7. The Balaban J connectivity index is 1.79. The average molecular weight is 364 g/mol. The predicted octanol–water partition coefficient (Wildman–Crippen LogP) is 4.01. The van der Waals surface area contributed by atoms with Crippen LogP contribution in [0.1, 0.15) is 48.3 Å². The highest BCUT2D eigenvalue weighted by Gasteiger charge is 2.19. The minimum atomic E-state index is -1.59. The first-order valence-electron chi connectivity index (χ1n) is 8.51. The first-order valence-corrected chi connectivity index (χ1v) is 8.51. The van der Waals surface area contributed by atoms with Gasteiger partial charge in [0.2, 0.25) is 5.95 Å². The molecular weight excluding hydrogens is 345 g/mol. The van der Waals surface area contributed by atoms with Crippen molar-refractivity contribution in [2.45, 2.75) is 45.1 Å². The summed E-state index contributed by atoms with van der Waals surface area (Å²) in [5.74, 6) is -4.65. The number of nitrogens with zero attached hydrogens (tertiary/aromatic N) is 2. The minimum Gasteiger partial charge on any atom is -0.348 e. The summed E-state index contributed by atoms with van der Waals surface area (Å²) >= 11 is 0. The summed E-state index contributed by atoms with van der Waals surface area (Å²) < 4.78 is 40.2. The molecule has 0 saturated heterocycles. The van der Waals surface area contributed by atoms with Crippen LogP contribution in [0.15, 0.2) is 18.2 Å². The lowest BCUT2D eigenvalue weighted by Gasteiger charge is -2.22. The number of hydrogen-bond donors (Lipinski definition) is 2. The second kappa shape index (κ2) is 7.72. The Morgan fingerprint density at radius 3 is 2.54 bits per heavy atom. The fourth-order valence-electron chi connectivity index (χ4n) is 2.99. The van der Waals surface area contributed by atoms with Gasteiger partial charge in [0.1, 0.15) is 5.69 Å². The maximum atomic E-state index is 13.8. The van der Waals surface area contributed by atoms with E-state index in [9.17, 15) is 18.0 Å². The Morgan fingerprint density at radius 1 is 1.08 bits per heavy atom. The summed E-state index contributed by atoms with van der Waals surface area (Å²) in [6.07, 6.45) is 5.20. The maximum Gasteiger partial charge on any atom is 0.270 e. The summed E-state index contributed by atoms with van der Waals surface area (Å²) in [4.78, 5) is 20.6. The first kappa shape index (κ1) is 18.2. The molecular formula is C18H19F3N4O. The molecule has 3 rings (SSSR count). The fourth-order valence-corrected chi connectivity index (χ4v) is 2.99. The number of anilines is 2. The van der Waals surface area contributed by atoms with Crippen LogP contribution < -0.4 is 10.6 Å². The van der Waals surface area contributed by atoms with Crippen LogP contribution in [-0.4, -0.2) is 21.9 Å². The van der Waals surface area contributed by atoms with Gasteiger partial charge in [-0.15, -0.1) is 0 Å². The number of carbonyl (C=O) groups is 1. The lowest BCUT2D eigenvalue weighted by Crippen LogP contribution is -2.36. The number of rotatable bonds is 4. The minimum absolute atomic E-state index is 0.0660. The number of aromatic nitrogens is 2. The molecule has 0 unspecified atom stereocenters. The van der Waals surface area contributed by atoms with E-state index in [0.29, 0.717) is 5.69 Å². The van der Waals surface area contributed by atoms with Crippen molar-refractivity contribution < 1.29 is 18.0 Å². The summed E-state index contributed by atoms with van der Waals surface area (Å²) in [6, 6.07) is 3.48. The number of halogens is 3. The second-order valence-electron chi connectivity index (χ2n) is 6.37. The number of aryl methyl sites for hydroxylation is 1. The Labute approximate surface area is 149 Å². The number of hydrogen-bond acceptors (Lipinski definition) is 4. The lowest BCUT2D eigenvalue weighted by atomic mass is 9.95. The molecule has 2 N–H and O–H groups in total. The van der Waals surface area contributed by atoms with E-state index in [0.717, 1.165) is 37.8 Å². The van der Waals surface area contributed by atoms with Crippen molar-refractivity contribution >= 4 is 17.5 Å². The summed E-state index contributed by atoms with van der Waals surface area (Å²) in [5, 5.41) is 5.44. The van der Waals surface area contributed by atoms with Crippen molar-refractivity contribution in [2.24, 2.45) is 0 Å². The largest absolute Gasteiger partial charge is 0.348 e. The molecule has 26 heavy (non-hydrogen) atoms. The molecule has 1 fully saturated rings. The van der Waals surface area contributed by atoms with E-state index in [1.165, 1.54) is 12.5 Å². The molecule has 1 aromatic heterocycles. The predicted molar refractivity (Wildman–Crippen MR) is 90.7 cm³/mol. The molecule has 0 spiro atoms. The normalized spacial score (nSPS) is 14.9. The third-order valence-corrected chi connectivity index (χ3v) is 4.31. The number of carbonyl (C=O) groups excluding carboxylic acids is 1. The van der Waals surface area contributed by atoms with Crippen LogP contribution in [-0.2, 0) is 0 Å². The van der Waals surface area contributed by atoms with Crippen LogP contribution in [0.3, 0.4) is 0 Å². The van der Waals surface area contributed by atoms with Crippen molar-refractivity contribution in [3.8, 4) is 0 Å². The van der Waals surface area contributed by atoms with Gasteiger partial charge in [-0.2, -0.15) is 0 Å². The SMILES string of the molecule is Cc1cc(C(=O)NC2CCCCC2)nc(Nc2ccc(F)c(F)c2F)n1. The molecule has 0 aliphatic heterocycles. The van der Waals surface area contributed by atoms with Crippen LogP contribution in [0.5, 0.6) is 0 Å². The van der Waals surface area contributed by atoms with Crippen LogP contribution >= 0.6 is 0 Å². The van der Waals surface area contributed by atoms with Crippen molar-refractivity contribution in [1.82, 2.24) is 15.3 Å². The first-order chi connectivity index (χ1) is 12.4. The molecule has 5 nitrogen and oxygen atoms in total. The smallest absolute Gasteiger partial charge is 0.270 e. The molecule has 1 heterocycles. The summed E-state index contributed by atoms with van der Waals surface area (Å²) in [7, 11) is 0. The van der Waals surface area contributed by atoms with E-state index in [1.54, 1.807) is 6.92 Å². The van der Waals surface area contributed by atoms with Crippen LogP contribution in [0.25, 0.3) is 0 Å². The third kappa shape index (κ3) is 4.12. The topological polar surface area (TPSA) is 66.9 Å². The van der Waals surface area contributed by atoms with Crippen molar-refractivity contribution in [1.29, 1.82) is 0 Å². The Bertz CT molecular complexity index is 822. The standard InChI is InChI=1S/C18H19F3N4O/c1-10-9-14(17(26)23-11-5-3-2-4-6-11)25-18(22-10)24-13-8-7-12(19)15(20)16(13)21/h7-9,11H,2-6H2,1H3,(H,23,26)(H,22,24,25).